The van der Waals surface area contributed by atoms with Gasteiger partial charge in [-0.05, 0) is 36.4 Å². The van der Waals surface area contributed by atoms with E-state index >= 15 is 0 Å². The van der Waals surface area contributed by atoms with Gasteiger partial charge in [-0.1, -0.05) is 30.9 Å². The molecule has 1 N–H and O–H groups in total. The van der Waals surface area contributed by atoms with E-state index in [1.165, 1.54) is 6.21 Å². The van der Waals surface area contributed by atoms with Crippen LogP contribution < -0.4 is 0 Å². The fourth-order valence-electron chi connectivity index (χ4n) is 4.24. The first kappa shape index (κ1) is 18.1. The zero-order valence-corrected chi connectivity index (χ0v) is 17.0. The van der Waals surface area contributed by atoms with Crippen LogP contribution in [0.1, 0.15) is 0 Å². The number of hydrogen-bond acceptors (Lipinski definition) is 5. The van der Waals surface area contributed by atoms with E-state index in [1.807, 2.05) is 57.7 Å². The van der Waals surface area contributed by atoms with Gasteiger partial charge in [0.25, 0.3) is 0 Å². The minimum Gasteiger partial charge on any atom is -0.307 e. The van der Waals surface area contributed by atoms with Gasteiger partial charge in [-0.25, -0.2) is 9.97 Å². The number of benzene rings is 1. The first-order chi connectivity index (χ1) is 15.8. The van der Waals surface area contributed by atoms with E-state index in [2.05, 4.69) is 16.5 Å². The molecule has 0 aliphatic rings. The van der Waals surface area contributed by atoms with Crippen LogP contribution in [0.15, 0.2) is 85.9 Å². The van der Waals surface area contributed by atoms with E-state index in [0.29, 0.717) is 22.5 Å². The smallest absolute Gasteiger partial charge is 0.166 e. The highest BCUT2D eigenvalue weighted by Gasteiger charge is 2.21. The average molecular weight is 415 g/mol. The topological polar surface area (TPSA) is 85.3 Å². The Kier molecular flexibility index (Phi) is 3.94. The number of nitrogens with zero attached hydrogens (tertiary/aromatic N) is 6. The molecule has 7 nitrogen and oxygen atoms in total. The van der Waals surface area contributed by atoms with Crippen molar-refractivity contribution in [2.75, 3.05) is 0 Å². The van der Waals surface area contributed by atoms with Gasteiger partial charge in [-0.3, -0.25) is 19.1 Å². The maximum absolute atomic E-state index is 7.97. The molecule has 6 aromatic rings. The minimum atomic E-state index is 0.656. The third-order valence-electron chi connectivity index (χ3n) is 5.53. The summed E-state index contributed by atoms with van der Waals surface area (Å²) in [5.41, 5.74) is 7.00. The van der Waals surface area contributed by atoms with E-state index in [9.17, 15) is 0 Å². The quantitative estimate of drug-likeness (QED) is 0.319. The Hall–Kier alpha value is -4.65. The van der Waals surface area contributed by atoms with Gasteiger partial charge in [0.15, 0.2) is 11.3 Å². The zero-order chi connectivity index (χ0) is 21.7. The van der Waals surface area contributed by atoms with Crippen molar-refractivity contribution in [3.63, 3.8) is 0 Å². The maximum atomic E-state index is 7.97. The van der Waals surface area contributed by atoms with Gasteiger partial charge in [0.2, 0.25) is 0 Å². The van der Waals surface area contributed by atoms with Crippen LogP contribution in [0.2, 0.25) is 0 Å². The lowest BCUT2D eigenvalue weighted by atomic mass is 10.2. The maximum Gasteiger partial charge on any atom is 0.166 e. The second-order valence-corrected chi connectivity index (χ2v) is 7.31. The Labute approximate surface area is 182 Å². The Balaban J connectivity index is 1.85. The van der Waals surface area contributed by atoms with Crippen molar-refractivity contribution >= 4 is 56.2 Å². The van der Waals surface area contributed by atoms with Crippen molar-refractivity contribution in [3.05, 3.63) is 85.9 Å². The van der Waals surface area contributed by atoms with Crippen LogP contribution in [0.5, 0.6) is 0 Å². The molecule has 0 atom stereocenters. The predicted octanol–water partition coefficient (Wildman–Crippen LogP) is 5.15. The first-order valence-electron chi connectivity index (χ1n) is 10.1. The van der Waals surface area contributed by atoms with Gasteiger partial charge in [-0.15, -0.1) is 0 Å². The molecule has 5 heterocycles. The van der Waals surface area contributed by atoms with Crippen LogP contribution >= 0.6 is 0 Å². The molecule has 0 amide bonds. The predicted molar refractivity (Wildman–Crippen MR) is 128 cm³/mol. The highest BCUT2D eigenvalue weighted by atomic mass is 15.1. The summed E-state index contributed by atoms with van der Waals surface area (Å²) in [6, 6.07) is 15.8. The fourth-order valence-corrected chi connectivity index (χ4v) is 4.24. The van der Waals surface area contributed by atoms with Gasteiger partial charge >= 0.3 is 0 Å². The molecule has 6 rings (SSSR count). The van der Waals surface area contributed by atoms with Gasteiger partial charge in [0.1, 0.15) is 16.6 Å². The summed E-state index contributed by atoms with van der Waals surface area (Å²) in [5.74, 6) is 0. The van der Waals surface area contributed by atoms with Gasteiger partial charge in [0, 0.05) is 24.0 Å². The Morgan fingerprint density at radius 1 is 0.875 bits per heavy atom. The van der Waals surface area contributed by atoms with Gasteiger partial charge < -0.3 is 5.41 Å². The van der Waals surface area contributed by atoms with Crippen LogP contribution in [-0.4, -0.2) is 35.3 Å². The summed E-state index contributed by atoms with van der Waals surface area (Å²) in [6.07, 6.45) is 10.1. The molecule has 7 heteroatoms. The van der Waals surface area contributed by atoms with E-state index < -0.39 is 0 Å². The van der Waals surface area contributed by atoms with E-state index in [-0.39, 0.29) is 0 Å². The van der Waals surface area contributed by atoms with Crippen LogP contribution in [0, 0.1) is 5.41 Å². The monoisotopic (exact) mass is 415 g/mol. The molecular formula is C25H17N7. The van der Waals surface area contributed by atoms with Crippen molar-refractivity contribution in [1.29, 1.82) is 5.41 Å². The molecular weight excluding hydrogens is 398 g/mol. The lowest BCUT2D eigenvalue weighted by Gasteiger charge is -2.07. The molecule has 152 valence electrons. The molecule has 0 radical (unpaired) electrons. The van der Waals surface area contributed by atoms with E-state index in [0.717, 1.165) is 33.1 Å². The summed E-state index contributed by atoms with van der Waals surface area (Å²) in [4.78, 5) is 19.1. The summed E-state index contributed by atoms with van der Waals surface area (Å²) in [6.45, 7) is 3.80. The number of nitrogens with one attached hydrogen (secondary N) is 1. The summed E-state index contributed by atoms with van der Waals surface area (Å²) in [7, 11) is 0. The van der Waals surface area contributed by atoms with Crippen molar-refractivity contribution < 1.29 is 0 Å². The SMILES string of the molecule is C=C/C=C(\C=N)n1c2ccccc2c2nc3c(nc21)c1ncccc1n3-c1cccnc1. The van der Waals surface area contributed by atoms with Crippen molar-refractivity contribution in [1.82, 2.24) is 29.1 Å². The molecule has 0 unspecified atom stereocenters. The third kappa shape index (κ3) is 2.45. The molecule has 0 spiro atoms. The minimum absolute atomic E-state index is 0.656. The molecule has 0 fully saturated rings. The van der Waals surface area contributed by atoms with Crippen molar-refractivity contribution in [2.24, 2.45) is 0 Å². The van der Waals surface area contributed by atoms with Crippen molar-refractivity contribution in [2.45, 2.75) is 0 Å². The van der Waals surface area contributed by atoms with E-state index in [1.54, 1.807) is 30.7 Å². The highest BCUT2D eigenvalue weighted by Crippen LogP contribution is 2.34. The highest BCUT2D eigenvalue weighted by molar-refractivity contribution is 6.15. The van der Waals surface area contributed by atoms with Gasteiger partial charge in [0.05, 0.1) is 28.6 Å². The average Bonchev–Trinajstić information content (AvgIpc) is 3.34. The Morgan fingerprint density at radius 3 is 2.50 bits per heavy atom. The van der Waals surface area contributed by atoms with E-state index in [4.69, 9.17) is 15.4 Å². The second-order valence-electron chi connectivity index (χ2n) is 7.31. The van der Waals surface area contributed by atoms with Crippen molar-refractivity contribution in [3.8, 4) is 5.69 Å². The lowest BCUT2D eigenvalue weighted by molar-refractivity contribution is 1.11. The first-order valence-corrected chi connectivity index (χ1v) is 10.1. The largest absolute Gasteiger partial charge is 0.307 e. The molecule has 0 bridgehead atoms. The Morgan fingerprint density at radius 2 is 1.69 bits per heavy atom. The fraction of sp³-hybridized carbons (Fsp3) is 0. The zero-order valence-electron chi connectivity index (χ0n) is 17.0. The standard InChI is InChI=1S/C25H17N7/c1-2-7-16(14-26)31-19-10-4-3-9-18(19)21-24(31)30-23-22-20(11-6-13-28-22)32(25(23)29-21)17-8-5-12-27-15-17/h2-15,26H,1H2/b16-7+,26-14?. The molecule has 0 aliphatic carbocycles. The molecule has 0 aliphatic heterocycles. The third-order valence-corrected chi connectivity index (χ3v) is 5.53. The van der Waals surface area contributed by atoms with Crippen LogP contribution in [0.3, 0.4) is 0 Å². The molecule has 32 heavy (non-hydrogen) atoms. The molecule has 1 aromatic carbocycles. The molecule has 5 aromatic heterocycles. The molecule has 0 saturated heterocycles. The number of pyridine rings is 2. The number of hydrogen-bond donors (Lipinski definition) is 1. The summed E-state index contributed by atoms with van der Waals surface area (Å²) >= 11 is 0. The number of para-hydroxylation sites is 1. The normalized spacial score (nSPS) is 12.2. The number of aromatic nitrogens is 6. The summed E-state index contributed by atoms with van der Waals surface area (Å²) in [5, 5.41) is 8.93. The second kappa shape index (κ2) is 6.95. The molecule has 0 saturated carbocycles. The lowest BCUT2D eigenvalue weighted by Crippen LogP contribution is -2.00. The number of fused-ring (bicyclic) bond motifs is 6. The summed E-state index contributed by atoms with van der Waals surface area (Å²) < 4.78 is 3.99. The number of allylic oxidation sites excluding steroid dienone is 3. The van der Waals surface area contributed by atoms with Crippen LogP contribution in [0.4, 0.5) is 0 Å². The Bertz CT molecular complexity index is 1700. The number of rotatable bonds is 4. The van der Waals surface area contributed by atoms with Gasteiger partial charge in [-0.2, -0.15) is 0 Å². The van der Waals surface area contributed by atoms with Crippen LogP contribution in [-0.2, 0) is 0 Å². The van der Waals surface area contributed by atoms with Crippen LogP contribution in [0.25, 0.3) is 55.6 Å².